The molecular formula is C13H15F4NO3. The molecule has 0 saturated carbocycles. The van der Waals surface area contributed by atoms with Gasteiger partial charge in [0.05, 0.1) is 0 Å². The Balaban J connectivity index is 2.98. The van der Waals surface area contributed by atoms with E-state index in [1.165, 1.54) is 0 Å². The number of hydrogen-bond acceptors (Lipinski definition) is 3. The van der Waals surface area contributed by atoms with E-state index in [1.54, 1.807) is 13.8 Å². The number of alkyl halides is 2. The Kier molecular flexibility index (Phi) is 5.54. The normalized spacial score (nSPS) is 11.6. The maximum Gasteiger partial charge on any atom is 0.387 e. The van der Waals surface area contributed by atoms with Crippen LogP contribution < -0.4 is 10.1 Å². The number of halogens is 4. The van der Waals surface area contributed by atoms with Crippen LogP contribution in [-0.4, -0.2) is 30.8 Å². The molecule has 0 saturated heterocycles. The molecule has 0 radical (unpaired) electrons. The molecule has 2 N–H and O–H groups in total. The van der Waals surface area contributed by atoms with Gasteiger partial charge in [-0.3, -0.25) is 4.79 Å². The van der Waals surface area contributed by atoms with E-state index in [1.807, 2.05) is 0 Å². The summed E-state index contributed by atoms with van der Waals surface area (Å²) in [6.07, 6.45) is 0. The van der Waals surface area contributed by atoms with Crippen molar-refractivity contribution in [3.05, 3.63) is 29.3 Å². The molecule has 0 aliphatic carbocycles. The minimum atomic E-state index is -3.30. The van der Waals surface area contributed by atoms with E-state index in [2.05, 4.69) is 10.1 Å². The Hall–Kier alpha value is -1.83. The Labute approximate surface area is 118 Å². The average Bonchev–Trinajstić information content (AvgIpc) is 2.40. The lowest BCUT2D eigenvalue weighted by molar-refractivity contribution is -0.0523. The fraction of sp³-hybridized carbons (Fsp3) is 0.462. The van der Waals surface area contributed by atoms with E-state index in [9.17, 15) is 22.4 Å². The Morgan fingerprint density at radius 3 is 2.52 bits per heavy atom. The van der Waals surface area contributed by atoms with Crippen LogP contribution in [0.4, 0.5) is 17.6 Å². The summed E-state index contributed by atoms with van der Waals surface area (Å²) in [7, 11) is 0. The second-order valence-electron chi connectivity index (χ2n) is 5.12. The summed E-state index contributed by atoms with van der Waals surface area (Å²) in [5.41, 5.74) is -1.71. The van der Waals surface area contributed by atoms with Crippen molar-refractivity contribution in [2.75, 3.05) is 13.2 Å². The zero-order valence-corrected chi connectivity index (χ0v) is 11.4. The van der Waals surface area contributed by atoms with Crippen LogP contribution in [0.25, 0.3) is 0 Å². The van der Waals surface area contributed by atoms with Crippen molar-refractivity contribution in [2.24, 2.45) is 5.41 Å². The van der Waals surface area contributed by atoms with Crippen molar-refractivity contribution in [3.63, 3.8) is 0 Å². The van der Waals surface area contributed by atoms with Crippen molar-refractivity contribution in [2.45, 2.75) is 20.5 Å². The molecule has 0 bridgehead atoms. The summed E-state index contributed by atoms with van der Waals surface area (Å²) < 4.78 is 55.4. The highest BCUT2D eigenvalue weighted by molar-refractivity contribution is 5.95. The zero-order valence-electron chi connectivity index (χ0n) is 11.4. The van der Waals surface area contributed by atoms with E-state index in [4.69, 9.17) is 5.11 Å². The molecule has 1 amide bonds. The molecule has 0 atom stereocenters. The van der Waals surface area contributed by atoms with Crippen LogP contribution in [0.5, 0.6) is 5.75 Å². The summed E-state index contributed by atoms with van der Waals surface area (Å²) >= 11 is 0. The second kappa shape index (κ2) is 6.75. The number of aliphatic hydroxyl groups excluding tert-OH is 1. The first-order chi connectivity index (χ1) is 9.68. The van der Waals surface area contributed by atoms with Gasteiger partial charge in [0.1, 0.15) is 11.4 Å². The molecule has 0 aromatic heterocycles. The van der Waals surface area contributed by atoms with E-state index in [0.29, 0.717) is 12.1 Å². The van der Waals surface area contributed by atoms with E-state index < -0.39 is 40.9 Å². The van der Waals surface area contributed by atoms with Crippen molar-refractivity contribution >= 4 is 5.91 Å². The van der Waals surface area contributed by atoms with Gasteiger partial charge in [0.2, 0.25) is 0 Å². The molecule has 1 aromatic rings. The smallest absolute Gasteiger partial charge is 0.387 e. The van der Waals surface area contributed by atoms with Crippen LogP contribution in [-0.2, 0) is 0 Å². The highest BCUT2D eigenvalue weighted by Crippen LogP contribution is 2.25. The van der Waals surface area contributed by atoms with E-state index in [0.717, 1.165) is 0 Å². The van der Waals surface area contributed by atoms with Gasteiger partial charge in [0, 0.05) is 18.6 Å². The van der Waals surface area contributed by atoms with Gasteiger partial charge in [-0.2, -0.15) is 8.78 Å². The third kappa shape index (κ3) is 4.59. The molecule has 0 heterocycles. The van der Waals surface area contributed by atoms with Gasteiger partial charge in [0.25, 0.3) is 5.91 Å². The first-order valence-corrected chi connectivity index (χ1v) is 6.00. The quantitative estimate of drug-likeness (QED) is 0.793. The van der Waals surface area contributed by atoms with Gasteiger partial charge in [-0.15, -0.1) is 0 Å². The Morgan fingerprint density at radius 2 is 2.00 bits per heavy atom. The summed E-state index contributed by atoms with van der Waals surface area (Å²) in [5.74, 6) is -4.74. The number of amides is 1. The number of ether oxygens (including phenoxy) is 1. The van der Waals surface area contributed by atoms with Gasteiger partial charge < -0.3 is 15.2 Å². The maximum absolute atomic E-state index is 13.8. The average molecular weight is 309 g/mol. The van der Waals surface area contributed by atoms with E-state index >= 15 is 0 Å². The molecule has 4 nitrogen and oxygen atoms in total. The highest BCUT2D eigenvalue weighted by atomic mass is 19.3. The number of hydrogen-bond donors (Lipinski definition) is 2. The van der Waals surface area contributed by atoms with Crippen LogP contribution in [0.3, 0.4) is 0 Å². The minimum Gasteiger partial charge on any atom is -0.432 e. The number of nitrogens with one attached hydrogen (secondary N) is 1. The Morgan fingerprint density at radius 1 is 1.38 bits per heavy atom. The minimum absolute atomic E-state index is 0.0544. The molecule has 21 heavy (non-hydrogen) atoms. The number of rotatable bonds is 6. The second-order valence-corrected chi connectivity index (χ2v) is 5.12. The lowest BCUT2D eigenvalue weighted by Gasteiger charge is -2.22. The predicted octanol–water partition coefficient (Wildman–Crippen LogP) is 2.31. The molecule has 1 aromatic carbocycles. The largest absolute Gasteiger partial charge is 0.432 e. The standard InChI is InChI=1S/C13H15F4NO3/c1-13(2,6-19)5-18-11(20)9-7(14)3-4-8(10(9)15)21-12(16)17/h3-4,12,19H,5-6H2,1-2H3,(H,18,20). The summed E-state index contributed by atoms with van der Waals surface area (Å²) in [6.45, 7) is -0.366. The lowest BCUT2D eigenvalue weighted by Crippen LogP contribution is -2.36. The van der Waals surface area contributed by atoms with Gasteiger partial charge >= 0.3 is 6.61 Å². The van der Waals surface area contributed by atoms with Gasteiger partial charge in [-0.25, -0.2) is 8.78 Å². The molecule has 0 fully saturated rings. The van der Waals surface area contributed by atoms with Crippen LogP contribution in [0.1, 0.15) is 24.2 Å². The van der Waals surface area contributed by atoms with Crippen LogP contribution in [0.2, 0.25) is 0 Å². The maximum atomic E-state index is 13.8. The van der Waals surface area contributed by atoms with Gasteiger partial charge in [-0.05, 0) is 12.1 Å². The van der Waals surface area contributed by atoms with Gasteiger partial charge in [-0.1, -0.05) is 13.8 Å². The SMILES string of the molecule is CC(C)(CO)CNC(=O)c1c(F)ccc(OC(F)F)c1F. The molecule has 118 valence electrons. The van der Waals surface area contributed by atoms with Gasteiger partial charge in [0.15, 0.2) is 11.6 Å². The van der Waals surface area contributed by atoms with Crippen molar-refractivity contribution in [3.8, 4) is 5.75 Å². The third-order valence-corrected chi connectivity index (χ3v) is 2.65. The van der Waals surface area contributed by atoms with Crippen LogP contribution in [0.15, 0.2) is 12.1 Å². The first-order valence-electron chi connectivity index (χ1n) is 6.00. The fourth-order valence-corrected chi connectivity index (χ4v) is 1.39. The third-order valence-electron chi connectivity index (χ3n) is 2.65. The molecule has 8 heteroatoms. The lowest BCUT2D eigenvalue weighted by atomic mass is 9.95. The zero-order chi connectivity index (χ0) is 16.2. The summed E-state index contributed by atoms with van der Waals surface area (Å²) in [5, 5.41) is 11.3. The number of carbonyl (C=O) groups is 1. The number of benzene rings is 1. The first kappa shape index (κ1) is 17.2. The molecule has 0 spiro atoms. The molecule has 0 aliphatic rings. The molecule has 0 aliphatic heterocycles. The highest BCUT2D eigenvalue weighted by Gasteiger charge is 2.25. The fourth-order valence-electron chi connectivity index (χ4n) is 1.39. The van der Waals surface area contributed by atoms with Crippen LogP contribution in [0, 0.1) is 17.0 Å². The van der Waals surface area contributed by atoms with Crippen molar-refractivity contribution in [1.82, 2.24) is 5.32 Å². The number of carbonyl (C=O) groups excluding carboxylic acids is 1. The summed E-state index contributed by atoms with van der Waals surface area (Å²) in [6, 6.07) is 1.33. The monoisotopic (exact) mass is 309 g/mol. The molecular weight excluding hydrogens is 294 g/mol. The molecule has 1 rings (SSSR count). The van der Waals surface area contributed by atoms with Crippen molar-refractivity contribution in [1.29, 1.82) is 0 Å². The predicted molar refractivity (Wildman–Crippen MR) is 66.2 cm³/mol. The summed E-state index contributed by atoms with van der Waals surface area (Å²) in [4.78, 5) is 11.8. The van der Waals surface area contributed by atoms with Crippen LogP contribution >= 0.6 is 0 Å². The topological polar surface area (TPSA) is 58.6 Å². The molecule has 0 unspecified atom stereocenters. The Bertz CT molecular complexity index is 520. The van der Waals surface area contributed by atoms with E-state index in [-0.39, 0.29) is 13.2 Å². The number of aliphatic hydroxyl groups is 1. The van der Waals surface area contributed by atoms with Crippen molar-refractivity contribution < 1.29 is 32.2 Å².